The van der Waals surface area contributed by atoms with Crippen molar-refractivity contribution < 1.29 is 14.6 Å². The number of anilines is 1. The Bertz CT molecular complexity index is 1100. The Labute approximate surface area is 190 Å². The lowest BCUT2D eigenvalue weighted by Gasteiger charge is -2.38. The zero-order valence-corrected chi connectivity index (χ0v) is 18.6. The molecule has 0 fully saturated rings. The smallest absolute Gasteiger partial charge is 0.142 e. The van der Waals surface area contributed by atoms with Gasteiger partial charge >= 0.3 is 0 Å². The molecule has 0 spiro atoms. The molecule has 0 amide bonds. The van der Waals surface area contributed by atoms with Crippen molar-refractivity contribution >= 4 is 21.6 Å². The fraction of sp³-hybridized carbons (Fsp3) is 0.231. The highest BCUT2D eigenvalue weighted by Crippen LogP contribution is 2.53. The van der Waals surface area contributed by atoms with E-state index < -0.39 is 0 Å². The summed E-state index contributed by atoms with van der Waals surface area (Å²) in [5.74, 6) is 2.61. The fourth-order valence-electron chi connectivity index (χ4n) is 4.62. The average Bonchev–Trinajstić information content (AvgIpc) is 3.29. The number of benzene rings is 3. The second-order valence-electron chi connectivity index (χ2n) is 7.91. The fourth-order valence-corrected chi connectivity index (χ4v) is 5.00. The zero-order valence-electron chi connectivity index (χ0n) is 17.0. The van der Waals surface area contributed by atoms with E-state index in [0.29, 0.717) is 30.8 Å². The van der Waals surface area contributed by atoms with Crippen molar-refractivity contribution in [3.8, 4) is 17.2 Å². The third-order valence-electron chi connectivity index (χ3n) is 6.04. The third-order valence-corrected chi connectivity index (χ3v) is 6.53. The van der Waals surface area contributed by atoms with Crippen LogP contribution in [-0.4, -0.2) is 18.3 Å². The Hall–Kier alpha value is -2.92. The number of hydrogen-bond donors (Lipinski definition) is 2. The summed E-state index contributed by atoms with van der Waals surface area (Å²) in [6.45, 7) is 0.916. The maximum Gasteiger partial charge on any atom is 0.142 e. The van der Waals surface area contributed by atoms with Crippen molar-refractivity contribution in [2.75, 3.05) is 18.5 Å². The maximum absolute atomic E-state index is 10.6. The van der Waals surface area contributed by atoms with Crippen molar-refractivity contribution in [3.05, 3.63) is 94.5 Å². The van der Waals surface area contributed by atoms with Gasteiger partial charge in [-0.1, -0.05) is 58.4 Å². The molecule has 3 aromatic carbocycles. The predicted octanol–water partition coefficient (Wildman–Crippen LogP) is 6.44. The van der Waals surface area contributed by atoms with Crippen molar-refractivity contribution in [2.24, 2.45) is 5.92 Å². The van der Waals surface area contributed by atoms with Crippen molar-refractivity contribution in [1.82, 2.24) is 0 Å². The Morgan fingerprint density at radius 2 is 1.77 bits per heavy atom. The molecule has 2 aliphatic rings. The number of fused-ring (bicyclic) bond motifs is 3. The summed E-state index contributed by atoms with van der Waals surface area (Å²) in [7, 11) is 0. The standard InChI is InChI=1S/C26H24BrNO3/c27-17-12-13-23(29)22(16-17)25-20-9-4-8-19(20)21-10-5-11-24(26(21)28-25)31-15-14-30-18-6-2-1-3-7-18/h1-8,10-13,16,19-20,25,28-29H,9,14-15H2. The second-order valence-corrected chi connectivity index (χ2v) is 8.82. The van der Waals surface area contributed by atoms with Crippen LogP contribution in [0.5, 0.6) is 17.2 Å². The van der Waals surface area contributed by atoms with Crippen LogP contribution in [0.25, 0.3) is 0 Å². The van der Waals surface area contributed by atoms with Crippen LogP contribution in [0.4, 0.5) is 5.69 Å². The minimum Gasteiger partial charge on any atom is -0.508 e. The van der Waals surface area contributed by atoms with E-state index in [9.17, 15) is 5.11 Å². The molecule has 0 bridgehead atoms. The topological polar surface area (TPSA) is 50.7 Å². The summed E-state index contributed by atoms with van der Waals surface area (Å²) in [4.78, 5) is 0. The molecule has 158 valence electrons. The molecular weight excluding hydrogens is 454 g/mol. The van der Waals surface area contributed by atoms with E-state index in [1.807, 2.05) is 54.6 Å². The molecular formula is C26H24BrNO3. The summed E-state index contributed by atoms with van der Waals surface area (Å²) >= 11 is 3.55. The monoisotopic (exact) mass is 477 g/mol. The van der Waals surface area contributed by atoms with Gasteiger partial charge in [0.1, 0.15) is 30.5 Å². The first-order valence-electron chi connectivity index (χ1n) is 10.6. The van der Waals surface area contributed by atoms with Gasteiger partial charge in [0, 0.05) is 16.0 Å². The molecule has 3 atom stereocenters. The van der Waals surface area contributed by atoms with Gasteiger partial charge in [-0.05, 0) is 54.3 Å². The van der Waals surface area contributed by atoms with Gasteiger partial charge in [0.2, 0.25) is 0 Å². The van der Waals surface area contributed by atoms with Crippen molar-refractivity contribution in [2.45, 2.75) is 18.4 Å². The van der Waals surface area contributed by atoms with Crippen LogP contribution in [0.15, 0.2) is 83.4 Å². The maximum atomic E-state index is 10.6. The summed E-state index contributed by atoms with van der Waals surface area (Å²) in [5.41, 5.74) is 3.14. The van der Waals surface area contributed by atoms with Gasteiger partial charge in [0.25, 0.3) is 0 Å². The molecule has 0 aromatic heterocycles. The van der Waals surface area contributed by atoms with Gasteiger partial charge in [-0.25, -0.2) is 0 Å². The highest BCUT2D eigenvalue weighted by Gasteiger charge is 2.40. The zero-order chi connectivity index (χ0) is 21.2. The molecule has 0 saturated heterocycles. The molecule has 1 aliphatic carbocycles. The van der Waals surface area contributed by atoms with Crippen molar-refractivity contribution in [3.63, 3.8) is 0 Å². The lowest BCUT2D eigenvalue weighted by atomic mass is 9.76. The van der Waals surface area contributed by atoms with Crippen LogP contribution in [0.1, 0.15) is 29.5 Å². The molecule has 1 aliphatic heterocycles. The van der Waals surface area contributed by atoms with Crippen LogP contribution in [-0.2, 0) is 0 Å². The summed E-state index contributed by atoms with van der Waals surface area (Å²) in [6.07, 6.45) is 5.51. The van der Waals surface area contributed by atoms with Gasteiger partial charge in [-0.2, -0.15) is 0 Å². The molecule has 4 nitrogen and oxygen atoms in total. The molecule has 3 aromatic rings. The van der Waals surface area contributed by atoms with Gasteiger partial charge in [-0.15, -0.1) is 0 Å². The molecule has 3 unspecified atom stereocenters. The molecule has 5 rings (SSSR count). The highest BCUT2D eigenvalue weighted by molar-refractivity contribution is 9.10. The number of halogens is 1. The SMILES string of the molecule is Oc1ccc(Br)cc1C1Nc2c(OCCOc3ccccc3)cccc2C2C=CCC21. The number of phenols is 1. The first-order valence-corrected chi connectivity index (χ1v) is 11.3. The Kier molecular flexibility index (Phi) is 5.60. The summed E-state index contributed by atoms with van der Waals surface area (Å²) in [5, 5.41) is 14.3. The number of nitrogens with one attached hydrogen (secondary N) is 1. The van der Waals surface area contributed by atoms with Gasteiger partial charge in [0.15, 0.2) is 0 Å². The number of ether oxygens (including phenoxy) is 2. The van der Waals surface area contributed by atoms with Crippen LogP contribution < -0.4 is 14.8 Å². The number of aromatic hydroxyl groups is 1. The second kappa shape index (κ2) is 8.67. The van der Waals surface area contributed by atoms with Gasteiger partial charge in [-0.3, -0.25) is 0 Å². The number of phenolic OH excluding ortho intramolecular Hbond substituents is 1. The van der Waals surface area contributed by atoms with Gasteiger partial charge in [0.05, 0.1) is 11.7 Å². The molecule has 0 radical (unpaired) electrons. The number of allylic oxidation sites excluding steroid dienone is 2. The third kappa shape index (κ3) is 4.02. The first-order chi connectivity index (χ1) is 15.2. The summed E-state index contributed by atoms with van der Waals surface area (Å²) < 4.78 is 12.9. The normalized spacial score (nSPS) is 21.1. The van der Waals surface area contributed by atoms with Crippen LogP contribution in [0.2, 0.25) is 0 Å². The predicted molar refractivity (Wildman–Crippen MR) is 126 cm³/mol. The van der Waals surface area contributed by atoms with E-state index in [1.165, 1.54) is 5.56 Å². The van der Waals surface area contributed by atoms with E-state index in [4.69, 9.17) is 9.47 Å². The lowest BCUT2D eigenvalue weighted by Crippen LogP contribution is -2.29. The lowest BCUT2D eigenvalue weighted by molar-refractivity contribution is 0.217. The molecule has 31 heavy (non-hydrogen) atoms. The van der Waals surface area contributed by atoms with E-state index in [1.54, 1.807) is 6.07 Å². The van der Waals surface area contributed by atoms with E-state index in [0.717, 1.165) is 33.6 Å². The Morgan fingerprint density at radius 1 is 0.935 bits per heavy atom. The van der Waals surface area contributed by atoms with E-state index in [-0.39, 0.29) is 6.04 Å². The number of hydrogen-bond acceptors (Lipinski definition) is 4. The largest absolute Gasteiger partial charge is 0.508 e. The minimum absolute atomic E-state index is 0.00433. The number of para-hydroxylation sites is 2. The molecule has 2 N–H and O–H groups in total. The van der Waals surface area contributed by atoms with Crippen LogP contribution in [0.3, 0.4) is 0 Å². The first kappa shape index (κ1) is 20.0. The highest BCUT2D eigenvalue weighted by atomic mass is 79.9. The van der Waals surface area contributed by atoms with Crippen molar-refractivity contribution in [1.29, 1.82) is 0 Å². The minimum atomic E-state index is -0.00433. The molecule has 1 heterocycles. The summed E-state index contributed by atoms with van der Waals surface area (Å²) in [6, 6.07) is 21.6. The Balaban J connectivity index is 1.38. The van der Waals surface area contributed by atoms with Gasteiger partial charge < -0.3 is 19.9 Å². The average molecular weight is 478 g/mol. The van der Waals surface area contributed by atoms with Crippen LogP contribution >= 0.6 is 15.9 Å². The Morgan fingerprint density at radius 3 is 2.65 bits per heavy atom. The number of rotatable bonds is 6. The quantitative estimate of drug-likeness (QED) is 0.316. The molecule has 0 saturated carbocycles. The van der Waals surface area contributed by atoms with Crippen LogP contribution in [0, 0.1) is 5.92 Å². The van der Waals surface area contributed by atoms with E-state index in [2.05, 4.69) is 39.5 Å². The van der Waals surface area contributed by atoms with E-state index >= 15 is 0 Å². The molecule has 5 heteroatoms.